The maximum atomic E-state index is 13.2. The van der Waals surface area contributed by atoms with Crippen LogP contribution >= 0.6 is 0 Å². The van der Waals surface area contributed by atoms with Gasteiger partial charge in [-0.3, -0.25) is 14.9 Å². The largest absolute Gasteiger partial charge is 0.473 e. The van der Waals surface area contributed by atoms with Crippen molar-refractivity contribution in [2.45, 2.75) is 33.5 Å². The van der Waals surface area contributed by atoms with Crippen molar-refractivity contribution < 1.29 is 13.9 Å². The molecular formula is C19H20FN5O3. The molecule has 1 amide bonds. The van der Waals surface area contributed by atoms with E-state index in [1.165, 1.54) is 6.92 Å². The number of aromatic nitrogens is 4. The van der Waals surface area contributed by atoms with Crippen LogP contribution in [0.15, 0.2) is 35.4 Å². The molecule has 0 aliphatic rings. The number of anilines is 1. The Morgan fingerprint density at radius 1 is 1.21 bits per heavy atom. The molecule has 0 aliphatic carbocycles. The second-order valence-electron chi connectivity index (χ2n) is 6.54. The monoisotopic (exact) mass is 385 g/mol. The fourth-order valence-corrected chi connectivity index (χ4v) is 2.53. The first-order valence-electron chi connectivity index (χ1n) is 8.70. The van der Waals surface area contributed by atoms with Gasteiger partial charge in [0.15, 0.2) is 0 Å². The lowest BCUT2D eigenvalue weighted by molar-refractivity contribution is -0.117. The van der Waals surface area contributed by atoms with E-state index in [9.17, 15) is 14.0 Å². The first-order chi connectivity index (χ1) is 13.3. The van der Waals surface area contributed by atoms with E-state index in [1.54, 1.807) is 30.6 Å². The number of aryl methyl sites for hydroxylation is 2. The smallest absolute Gasteiger partial charge is 0.275 e. The zero-order chi connectivity index (χ0) is 20.3. The highest BCUT2D eigenvalue weighted by Gasteiger charge is 2.15. The molecule has 0 spiro atoms. The summed E-state index contributed by atoms with van der Waals surface area (Å²) in [6.45, 7) is 4.48. The summed E-state index contributed by atoms with van der Waals surface area (Å²) in [6, 6.07) is 5.15. The molecule has 9 heteroatoms. The molecule has 8 nitrogen and oxygen atoms in total. The molecule has 146 valence electrons. The summed E-state index contributed by atoms with van der Waals surface area (Å²) < 4.78 is 19.7. The van der Waals surface area contributed by atoms with Crippen molar-refractivity contribution in [1.29, 1.82) is 0 Å². The van der Waals surface area contributed by atoms with Crippen LogP contribution in [0, 0.1) is 13.8 Å². The Balaban J connectivity index is 1.92. The summed E-state index contributed by atoms with van der Waals surface area (Å²) in [7, 11) is 0. The summed E-state index contributed by atoms with van der Waals surface area (Å²) in [6.07, 6.45) is 1.93. The van der Waals surface area contributed by atoms with E-state index in [-0.39, 0.29) is 25.0 Å². The van der Waals surface area contributed by atoms with Crippen molar-refractivity contribution in [2.75, 3.05) is 11.9 Å². The van der Waals surface area contributed by atoms with Gasteiger partial charge in [-0.05, 0) is 38.5 Å². The third-order valence-electron chi connectivity index (χ3n) is 3.86. The van der Waals surface area contributed by atoms with Crippen LogP contribution in [0.5, 0.6) is 5.88 Å². The minimum atomic E-state index is -1.20. The highest BCUT2D eigenvalue weighted by Crippen LogP contribution is 2.22. The van der Waals surface area contributed by atoms with Gasteiger partial charge >= 0.3 is 0 Å². The number of hydrogen-bond acceptors (Lipinski definition) is 6. The maximum Gasteiger partial charge on any atom is 0.275 e. The Morgan fingerprint density at radius 2 is 1.93 bits per heavy atom. The van der Waals surface area contributed by atoms with E-state index in [0.29, 0.717) is 10.8 Å². The second-order valence-corrected chi connectivity index (χ2v) is 6.54. The minimum absolute atomic E-state index is 0.0992. The van der Waals surface area contributed by atoms with Gasteiger partial charge in [0.25, 0.3) is 5.56 Å². The fraction of sp³-hybridized carbons (Fsp3) is 0.316. The zero-order valence-corrected chi connectivity index (χ0v) is 15.8. The number of halogens is 1. The van der Waals surface area contributed by atoms with Crippen LogP contribution in [0.3, 0.4) is 0 Å². The molecule has 1 aromatic carbocycles. The molecule has 0 saturated carbocycles. The Kier molecular flexibility index (Phi) is 5.62. The minimum Gasteiger partial charge on any atom is -0.473 e. The van der Waals surface area contributed by atoms with Crippen LogP contribution in [0.2, 0.25) is 0 Å². The van der Waals surface area contributed by atoms with Crippen LogP contribution in [0.4, 0.5) is 10.3 Å². The molecule has 3 aromatic rings. The van der Waals surface area contributed by atoms with Crippen molar-refractivity contribution in [2.24, 2.45) is 0 Å². The number of ether oxygens (including phenoxy) is 1. The van der Waals surface area contributed by atoms with Crippen LogP contribution in [-0.4, -0.2) is 38.4 Å². The molecule has 3 rings (SSSR count). The van der Waals surface area contributed by atoms with Gasteiger partial charge < -0.3 is 4.74 Å². The van der Waals surface area contributed by atoms with Gasteiger partial charge in [0.05, 0.1) is 10.8 Å². The lowest BCUT2D eigenvalue weighted by atomic mass is 10.1. The number of hydrogen-bond donors (Lipinski definition) is 1. The van der Waals surface area contributed by atoms with Crippen LogP contribution in [0.1, 0.15) is 18.1 Å². The predicted molar refractivity (Wildman–Crippen MR) is 102 cm³/mol. The van der Waals surface area contributed by atoms with Gasteiger partial charge in [-0.2, -0.15) is 0 Å². The number of amides is 1. The highest BCUT2D eigenvalue weighted by atomic mass is 19.1. The fourth-order valence-electron chi connectivity index (χ4n) is 2.53. The topological polar surface area (TPSA) is 99.0 Å². The van der Waals surface area contributed by atoms with Crippen molar-refractivity contribution in [3.63, 3.8) is 0 Å². The molecule has 1 atom stereocenters. The molecule has 0 fully saturated rings. The Bertz CT molecular complexity index is 1060. The summed E-state index contributed by atoms with van der Waals surface area (Å²) in [5.41, 5.74) is 1.30. The SMILES string of the molecule is Cc1cnc(NC(=O)Cn2nc(OCC(C)F)c3cc(C)ccc3c2=O)nc1. The van der Waals surface area contributed by atoms with E-state index < -0.39 is 17.6 Å². The number of fused-ring (bicyclic) bond motifs is 1. The summed E-state index contributed by atoms with van der Waals surface area (Å²) in [5, 5.41) is 7.44. The number of nitrogens with one attached hydrogen (secondary N) is 1. The molecule has 2 aromatic heterocycles. The van der Waals surface area contributed by atoms with Gasteiger partial charge in [-0.1, -0.05) is 11.6 Å². The van der Waals surface area contributed by atoms with Crippen molar-refractivity contribution >= 4 is 22.6 Å². The molecule has 0 saturated heterocycles. The van der Waals surface area contributed by atoms with Gasteiger partial charge in [0.2, 0.25) is 17.7 Å². The van der Waals surface area contributed by atoms with Crippen LogP contribution in [-0.2, 0) is 11.3 Å². The van der Waals surface area contributed by atoms with Crippen LogP contribution in [0.25, 0.3) is 10.8 Å². The third-order valence-corrected chi connectivity index (χ3v) is 3.86. The van der Waals surface area contributed by atoms with Gasteiger partial charge in [-0.15, -0.1) is 5.10 Å². The molecule has 0 aliphatic heterocycles. The Labute approximate surface area is 160 Å². The van der Waals surface area contributed by atoms with E-state index >= 15 is 0 Å². The van der Waals surface area contributed by atoms with Crippen molar-refractivity contribution in [1.82, 2.24) is 19.7 Å². The zero-order valence-electron chi connectivity index (χ0n) is 15.8. The summed E-state index contributed by atoms with van der Waals surface area (Å²) in [5.74, 6) is -0.292. The number of benzene rings is 1. The molecule has 1 N–H and O–H groups in total. The standard InChI is InChI=1S/C19H20FN5O3/c1-11-4-5-14-15(6-11)17(28-10-13(3)20)24-25(18(14)27)9-16(26)23-19-21-7-12(2)8-22-19/h4-8,13H,9-10H2,1-3H3,(H,21,22,23,26). The number of carbonyl (C=O) groups is 1. The number of rotatable bonds is 6. The Morgan fingerprint density at radius 3 is 2.61 bits per heavy atom. The van der Waals surface area contributed by atoms with Crippen molar-refractivity contribution in [3.05, 3.63) is 52.1 Å². The van der Waals surface area contributed by atoms with E-state index in [1.807, 2.05) is 13.8 Å². The van der Waals surface area contributed by atoms with E-state index in [4.69, 9.17) is 4.74 Å². The maximum absolute atomic E-state index is 13.2. The normalized spacial score (nSPS) is 12.0. The first-order valence-corrected chi connectivity index (χ1v) is 8.70. The van der Waals surface area contributed by atoms with Crippen molar-refractivity contribution in [3.8, 4) is 5.88 Å². The predicted octanol–water partition coefficient (Wildman–Crippen LogP) is 2.18. The average Bonchev–Trinajstić information content (AvgIpc) is 2.64. The third kappa shape index (κ3) is 4.48. The molecular weight excluding hydrogens is 365 g/mol. The number of alkyl halides is 1. The number of nitrogens with zero attached hydrogens (tertiary/aromatic N) is 4. The number of carbonyl (C=O) groups excluding carboxylic acids is 1. The quantitative estimate of drug-likeness (QED) is 0.698. The van der Waals surface area contributed by atoms with Crippen LogP contribution < -0.4 is 15.6 Å². The van der Waals surface area contributed by atoms with E-state index in [0.717, 1.165) is 15.8 Å². The lowest BCUT2D eigenvalue weighted by Gasteiger charge is -2.13. The molecule has 2 heterocycles. The average molecular weight is 385 g/mol. The molecule has 28 heavy (non-hydrogen) atoms. The highest BCUT2D eigenvalue weighted by molar-refractivity contribution is 5.90. The van der Waals surface area contributed by atoms with Gasteiger partial charge in [-0.25, -0.2) is 19.0 Å². The first kappa shape index (κ1) is 19.4. The molecule has 1 unspecified atom stereocenters. The molecule has 0 bridgehead atoms. The molecule has 0 radical (unpaired) electrons. The Hall–Kier alpha value is -3.36. The van der Waals surface area contributed by atoms with Gasteiger partial charge in [0, 0.05) is 12.4 Å². The summed E-state index contributed by atoms with van der Waals surface area (Å²) in [4.78, 5) is 33.0. The lowest BCUT2D eigenvalue weighted by Crippen LogP contribution is -2.30. The van der Waals surface area contributed by atoms with E-state index in [2.05, 4.69) is 20.4 Å². The second kappa shape index (κ2) is 8.12. The summed E-state index contributed by atoms with van der Waals surface area (Å²) >= 11 is 0. The van der Waals surface area contributed by atoms with Gasteiger partial charge in [0.1, 0.15) is 19.3 Å².